The summed E-state index contributed by atoms with van der Waals surface area (Å²) in [4.78, 5) is 0. The molecule has 0 saturated heterocycles. The summed E-state index contributed by atoms with van der Waals surface area (Å²) in [6.07, 6.45) is 2.21. The van der Waals surface area contributed by atoms with E-state index in [1.54, 1.807) is 0 Å². The van der Waals surface area contributed by atoms with E-state index >= 15 is 0 Å². The van der Waals surface area contributed by atoms with Crippen LogP contribution in [0.15, 0.2) is 24.4 Å². The number of halogens is 1. The zero-order valence-electron chi connectivity index (χ0n) is 10.8. The van der Waals surface area contributed by atoms with Crippen LogP contribution in [0.1, 0.15) is 38.4 Å². The lowest BCUT2D eigenvalue weighted by molar-refractivity contribution is 0.608. The van der Waals surface area contributed by atoms with E-state index < -0.39 is 0 Å². The van der Waals surface area contributed by atoms with Crippen LogP contribution >= 0.6 is 11.6 Å². The van der Waals surface area contributed by atoms with Crippen molar-refractivity contribution in [2.75, 3.05) is 7.05 Å². The van der Waals surface area contributed by atoms with E-state index in [2.05, 4.69) is 42.9 Å². The van der Waals surface area contributed by atoms with Gasteiger partial charge in [0.05, 0.1) is 10.5 Å². The maximum absolute atomic E-state index is 6.33. The molecule has 2 nitrogen and oxygen atoms in total. The summed E-state index contributed by atoms with van der Waals surface area (Å²) < 4.78 is 2.25. The molecule has 1 heterocycles. The van der Waals surface area contributed by atoms with Crippen LogP contribution in [-0.4, -0.2) is 11.6 Å². The molecule has 0 saturated carbocycles. The normalized spacial score (nSPS) is 13.5. The van der Waals surface area contributed by atoms with Crippen molar-refractivity contribution < 1.29 is 0 Å². The highest BCUT2D eigenvalue weighted by Gasteiger charge is 2.16. The fraction of sp³-hybridized carbons (Fsp3) is 0.429. The van der Waals surface area contributed by atoms with E-state index in [0.29, 0.717) is 12.1 Å². The Hall–Kier alpha value is -0.990. The van der Waals surface area contributed by atoms with E-state index in [4.69, 9.17) is 11.6 Å². The molecule has 2 rings (SSSR count). The third-order valence-corrected chi connectivity index (χ3v) is 3.60. The first-order chi connectivity index (χ1) is 8.06. The van der Waals surface area contributed by atoms with Gasteiger partial charge in [-0.25, -0.2) is 0 Å². The van der Waals surface area contributed by atoms with Crippen molar-refractivity contribution in [3.8, 4) is 0 Å². The van der Waals surface area contributed by atoms with Gasteiger partial charge in [0.25, 0.3) is 0 Å². The first kappa shape index (κ1) is 12.5. The summed E-state index contributed by atoms with van der Waals surface area (Å²) in [5.41, 5.74) is 2.44. The molecular weight excluding hydrogens is 232 g/mol. The molecule has 17 heavy (non-hydrogen) atoms. The van der Waals surface area contributed by atoms with Crippen LogP contribution in [0, 0.1) is 0 Å². The molecule has 0 aliphatic rings. The van der Waals surface area contributed by atoms with Gasteiger partial charge in [0.2, 0.25) is 0 Å². The smallest absolute Gasteiger partial charge is 0.0675 e. The van der Waals surface area contributed by atoms with Crippen molar-refractivity contribution in [1.82, 2.24) is 9.88 Å². The fourth-order valence-corrected chi connectivity index (χ4v) is 2.47. The van der Waals surface area contributed by atoms with E-state index in [1.165, 1.54) is 10.9 Å². The second-order valence-electron chi connectivity index (χ2n) is 4.73. The summed E-state index contributed by atoms with van der Waals surface area (Å²) in [5.74, 6) is 0. The van der Waals surface area contributed by atoms with Crippen LogP contribution in [0.4, 0.5) is 0 Å². The first-order valence-electron chi connectivity index (χ1n) is 6.02. The van der Waals surface area contributed by atoms with Crippen molar-refractivity contribution in [3.05, 3.63) is 35.0 Å². The van der Waals surface area contributed by atoms with Crippen LogP contribution in [0.25, 0.3) is 10.9 Å². The summed E-state index contributed by atoms with van der Waals surface area (Å²) in [6.45, 7) is 6.52. The Labute approximate surface area is 108 Å². The lowest BCUT2D eigenvalue weighted by atomic mass is 10.1. The van der Waals surface area contributed by atoms with Crippen molar-refractivity contribution >= 4 is 22.5 Å². The molecule has 0 aliphatic heterocycles. The van der Waals surface area contributed by atoms with Crippen LogP contribution < -0.4 is 5.32 Å². The monoisotopic (exact) mass is 250 g/mol. The Morgan fingerprint density at radius 3 is 2.53 bits per heavy atom. The number of para-hydroxylation sites is 1. The molecule has 1 unspecified atom stereocenters. The summed E-state index contributed by atoms with van der Waals surface area (Å²) in [5, 5.41) is 5.36. The zero-order chi connectivity index (χ0) is 12.6. The lowest BCUT2D eigenvalue weighted by Gasteiger charge is -2.10. The highest BCUT2D eigenvalue weighted by atomic mass is 35.5. The summed E-state index contributed by atoms with van der Waals surface area (Å²) in [6, 6.07) is 6.85. The number of fused-ring (bicyclic) bond motifs is 1. The van der Waals surface area contributed by atoms with Crippen LogP contribution in [-0.2, 0) is 0 Å². The molecule has 1 N–H and O–H groups in total. The second kappa shape index (κ2) is 4.71. The van der Waals surface area contributed by atoms with E-state index in [1.807, 2.05) is 19.2 Å². The number of hydrogen-bond donors (Lipinski definition) is 1. The van der Waals surface area contributed by atoms with Gasteiger partial charge in [0, 0.05) is 23.7 Å². The highest BCUT2D eigenvalue weighted by molar-refractivity contribution is 6.35. The summed E-state index contributed by atoms with van der Waals surface area (Å²) in [7, 11) is 1.98. The van der Waals surface area contributed by atoms with E-state index in [-0.39, 0.29) is 0 Å². The molecule has 0 radical (unpaired) electrons. The molecule has 1 aromatic carbocycles. The van der Waals surface area contributed by atoms with Gasteiger partial charge >= 0.3 is 0 Å². The average Bonchev–Trinajstić information content (AvgIpc) is 2.69. The fourth-order valence-electron chi connectivity index (χ4n) is 2.20. The van der Waals surface area contributed by atoms with Crippen LogP contribution in [0.3, 0.4) is 0 Å². The third kappa shape index (κ3) is 2.07. The highest BCUT2D eigenvalue weighted by Crippen LogP contribution is 2.33. The predicted octanol–water partition coefficient (Wildman–Crippen LogP) is 4.16. The quantitative estimate of drug-likeness (QED) is 0.866. The number of nitrogens with one attached hydrogen (secondary N) is 1. The van der Waals surface area contributed by atoms with E-state index in [0.717, 1.165) is 10.5 Å². The van der Waals surface area contributed by atoms with Crippen molar-refractivity contribution in [2.24, 2.45) is 0 Å². The molecule has 0 fully saturated rings. The van der Waals surface area contributed by atoms with Gasteiger partial charge in [-0.15, -0.1) is 0 Å². The van der Waals surface area contributed by atoms with Gasteiger partial charge < -0.3 is 9.88 Å². The van der Waals surface area contributed by atoms with Gasteiger partial charge in [-0.05, 0) is 39.4 Å². The SMILES string of the molecule is CNC(C)c1cn(C(C)C)c2c(Cl)cccc12. The summed E-state index contributed by atoms with van der Waals surface area (Å²) >= 11 is 6.33. The first-order valence-corrected chi connectivity index (χ1v) is 6.40. The predicted molar refractivity (Wildman–Crippen MR) is 74.8 cm³/mol. The maximum atomic E-state index is 6.33. The van der Waals surface area contributed by atoms with Crippen LogP contribution in [0.5, 0.6) is 0 Å². The Balaban J connectivity index is 2.75. The van der Waals surface area contributed by atoms with Crippen molar-refractivity contribution in [1.29, 1.82) is 0 Å². The molecule has 0 bridgehead atoms. The van der Waals surface area contributed by atoms with E-state index in [9.17, 15) is 0 Å². The van der Waals surface area contributed by atoms with Gasteiger partial charge in [0.1, 0.15) is 0 Å². The number of aromatic nitrogens is 1. The van der Waals surface area contributed by atoms with Crippen LogP contribution in [0.2, 0.25) is 5.02 Å². The van der Waals surface area contributed by atoms with Gasteiger partial charge in [-0.1, -0.05) is 23.7 Å². The van der Waals surface area contributed by atoms with Gasteiger partial charge in [-0.3, -0.25) is 0 Å². The molecule has 1 atom stereocenters. The average molecular weight is 251 g/mol. The largest absolute Gasteiger partial charge is 0.343 e. The number of benzene rings is 1. The molecule has 0 aliphatic carbocycles. The molecular formula is C14H19ClN2. The molecule has 2 aromatic rings. The number of hydrogen-bond acceptors (Lipinski definition) is 1. The third-order valence-electron chi connectivity index (χ3n) is 3.29. The number of nitrogens with zero attached hydrogens (tertiary/aromatic N) is 1. The zero-order valence-corrected chi connectivity index (χ0v) is 11.5. The van der Waals surface area contributed by atoms with Gasteiger partial charge in [0.15, 0.2) is 0 Å². The second-order valence-corrected chi connectivity index (χ2v) is 5.14. The Morgan fingerprint density at radius 1 is 1.24 bits per heavy atom. The van der Waals surface area contributed by atoms with Crippen molar-refractivity contribution in [2.45, 2.75) is 32.9 Å². The molecule has 92 valence electrons. The molecule has 0 amide bonds. The number of rotatable bonds is 3. The topological polar surface area (TPSA) is 17.0 Å². The Kier molecular flexibility index (Phi) is 3.45. The Bertz CT molecular complexity index is 528. The minimum Gasteiger partial charge on any atom is -0.343 e. The Morgan fingerprint density at radius 2 is 1.94 bits per heavy atom. The maximum Gasteiger partial charge on any atom is 0.0675 e. The minimum absolute atomic E-state index is 0.330. The molecule has 3 heteroatoms. The van der Waals surface area contributed by atoms with Crippen molar-refractivity contribution in [3.63, 3.8) is 0 Å². The lowest BCUT2D eigenvalue weighted by Crippen LogP contribution is -2.11. The molecule has 1 aromatic heterocycles. The van der Waals surface area contributed by atoms with Gasteiger partial charge in [-0.2, -0.15) is 0 Å². The molecule has 0 spiro atoms. The minimum atomic E-state index is 0.330. The standard InChI is InChI=1S/C14H19ClN2/c1-9(2)17-8-12(10(3)16-4)11-6-5-7-13(15)14(11)17/h5-10,16H,1-4H3.